The van der Waals surface area contributed by atoms with Gasteiger partial charge in [-0.3, -0.25) is 9.59 Å². The van der Waals surface area contributed by atoms with Crippen LogP contribution in [0.15, 0.2) is 0 Å². The lowest BCUT2D eigenvalue weighted by atomic mass is 9.80. The van der Waals surface area contributed by atoms with Crippen molar-refractivity contribution in [3.05, 3.63) is 0 Å². The molecular weight excluding hydrogens is 204 g/mol. The van der Waals surface area contributed by atoms with Crippen molar-refractivity contribution in [2.75, 3.05) is 28.2 Å². The number of rotatable bonds is 2. The van der Waals surface area contributed by atoms with Gasteiger partial charge in [-0.2, -0.15) is 0 Å². The highest BCUT2D eigenvalue weighted by atomic mass is 16.2. The number of carbonyl (C=O) groups excluding carboxylic acids is 2. The zero-order chi connectivity index (χ0) is 12.3. The molecule has 16 heavy (non-hydrogen) atoms. The lowest BCUT2D eigenvalue weighted by molar-refractivity contribution is -0.138. The second kappa shape index (κ2) is 5.32. The van der Waals surface area contributed by atoms with Crippen molar-refractivity contribution >= 4 is 11.8 Å². The standard InChI is InChI=1S/C12H22N2O2/c1-13(2)11(15)9-6-5-7-10(8-9)12(16)14(3)4/h9-10H,5-8H2,1-4H3. The molecule has 0 spiro atoms. The van der Waals surface area contributed by atoms with Crippen molar-refractivity contribution in [3.8, 4) is 0 Å². The molecule has 0 aromatic heterocycles. The maximum Gasteiger partial charge on any atom is 0.225 e. The Labute approximate surface area is 97.6 Å². The third kappa shape index (κ3) is 2.97. The number of amides is 2. The molecule has 1 aliphatic rings. The fourth-order valence-electron chi connectivity index (χ4n) is 2.37. The zero-order valence-corrected chi connectivity index (χ0v) is 10.7. The summed E-state index contributed by atoms with van der Waals surface area (Å²) >= 11 is 0. The van der Waals surface area contributed by atoms with E-state index in [1.165, 1.54) is 0 Å². The molecule has 2 atom stereocenters. The number of hydrogen-bond acceptors (Lipinski definition) is 2. The molecule has 92 valence electrons. The van der Waals surface area contributed by atoms with Gasteiger partial charge >= 0.3 is 0 Å². The summed E-state index contributed by atoms with van der Waals surface area (Å²) in [6.07, 6.45) is 3.55. The summed E-state index contributed by atoms with van der Waals surface area (Å²) in [6.45, 7) is 0. The highest BCUT2D eigenvalue weighted by Gasteiger charge is 2.32. The molecule has 4 nitrogen and oxygen atoms in total. The van der Waals surface area contributed by atoms with Crippen LogP contribution < -0.4 is 0 Å². The molecule has 0 bridgehead atoms. The molecule has 0 N–H and O–H groups in total. The monoisotopic (exact) mass is 226 g/mol. The van der Waals surface area contributed by atoms with Crippen molar-refractivity contribution in [2.45, 2.75) is 25.7 Å². The van der Waals surface area contributed by atoms with Crippen LogP contribution >= 0.6 is 0 Å². The first-order valence-corrected chi connectivity index (χ1v) is 5.85. The summed E-state index contributed by atoms with van der Waals surface area (Å²) in [5.41, 5.74) is 0. The molecule has 1 aliphatic carbocycles. The van der Waals surface area contributed by atoms with Gasteiger partial charge in [0, 0.05) is 40.0 Å². The SMILES string of the molecule is CN(C)C(=O)C1CCCC(C(=O)N(C)C)C1. The van der Waals surface area contributed by atoms with Gasteiger partial charge in [-0.1, -0.05) is 6.42 Å². The Morgan fingerprint density at radius 3 is 1.56 bits per heavy atom. The Bertz CT molecular complexity index is 248. The second-order valence-electron chi connectivity index (χ2n) is 5.03. The third-order valence-corrected chi connectivity index (χ3v) is 3.25. The van der Waals surface area contributed by atoms with Crippen molar-refractivity contribution in [1.29, 1.82) is 0 Å². The number of nitrogens with zero attached hydrogens (tertiary/aromatic N) is 2. The minimum absolute atomic E-state index is 0.0395. The van der Waals surface area contributed by atoms with Gasteiger partial charge in [-0.05, 0) is 19.3 Å². The third-order valence-electron chi connectivity index (χ3n) is 3.25. The van der Waals surface area contributed by atoms with E-state index in [1.807, 2.05) is 0 Å². The molecule has 2 amide bonds. The van der Waals surface area contributed by atoms with E-state index in [-0.39, 0.29) is 23.7 Å². The molecule has 0 aromatic carbocycles. The molecular formula is C12H22N2O2. The van der Waals surface area contributed by atoms with Crippen LogP contribution in [-0.4, -0.2) is 49.8 Å². The highest BCUT2D eigenvalue weighted by Crippen LogP contribution is 2.30. The molecule has 2 unspecified atom stereocenters. The molecule has 1 saturated carbocycles. The lowest BCUT2D eigenvalue weighted by Crippen LogP contribution is -2.38. The van der Waals surface area contributed by atoms with Crippen LogP contribution in [-0.2, 0) is 9.59 Å². The Morgan fingerprint density at radius 1 is 0.875 bits per heavy atom. The minimum Gasteiger partial charge on any atom is -0.349 e. The average Bonchev–Trinajstić information content (AvgIpc) is 2.26. The normalized spacial score (nSPS) is 25.0. The smallest absolute Gasteiger partial charge is 0.225 e. The summed E-state index contributed by atoms with van der Waals surface area (Å²) in [6, 6.07) is 0. The topological polar surface area (TPSA) is 40.6 Å². The fourth-order valence-corrected chi connectivity index (χ4v) is 2.37. The molecule has 0 radical (unpaired) electrons. The molecule has 4 heteroatoms. The van der Waals surface area contributed by atoms with Crippen molar-refractivity contribution in [1.82, 2.24) is 9.80 Å². The first kappa shape index (κ1) is 13.0. The molecule has 0 saturated heterocycles. The highest BCUT2D eigenvalue weighted by molar-refractivity contribution is 5.82. The number of carbonyl (C=O) groups is 2. The molecule has 1 rings (SSSR count). The minimum atomic E-state index is 0.0395. The largest absolute Gasteiger partial charge is 0.349 e. The van der Waals surface area contributed by atoms with E-state index in [9.17, 15) is 9.59 Å². The quantitative estimate of drug-likeness (QED) is 0.704. The van der Waals surface area contributed by atoms with E-state index >= 15 is 0 Å². The Kier molecular flexibility index (Phi) is 4.33. The fraction of sp³-hybridized carbons (Fsp3) is 0.833. The van der Waals surface area contributed by atoms with Gasteiger partial charge in [0.1, 0.15) is 0 Å². The first-order chi connectivity index (χ1) is 7.43. The van der Waals surface area contributed by atoms with E-state index in [0.29, 0.717) is 6.42 Å². The summed E-state index contributed by atoms with van der Waals surface area (Å²) in [4.78, 5) is 26.9. The van der Waals surface area contributed by atoms with Gasteiger partial charge in [0.15, 0.2) is 0 Å². The average molecular weight is 226 g/mol. The Balaban J connectivity index is 2.60. The van der Waals surface area contributed by atoms with Gasteiger partial charge in [0.25, 0.3) is 0 Å². The van der Waals surface area contributed by atoms with E-state index in [0.717, 1.165) is 19.3 Å². The lowest BCUT2D eigenvalue weighted by Gasteiger charge is -2.30. The van der Waals surface area contributed by atoms with Crippen LogP contribution in [0.2, 0.25) is 0 Å². The van der Waals surface area contributed by atoms with Gasteiger partial charge < -0.3 is 9.80 Å². The van der Waals surface area contributed by atoms with Gasteiger partial charge in [-0.15, -0.1) is 0 Å². The summed E-state index contributed by atoms with van der Waals surface area (Å²) in [5, 5.41) is 0. The molecule has 0 aromatic rings. The molecule has 1 fully saturated rings. The summed E-state index contributed by atoms with van der Waals surface area (Å²) in [7, 11) is 7.11. The summed E-state index contributed by atoms with van der Waals surface area (Å²) < 4.78 is 0. The predicted molar refractivity (Wildman–Crippen MR) is 62.8 cm³/mol. The van der Waals surface area contributed by atoms with Crippen LogP contribution in [0.3, 0.4) is 0 Å². The predicted octanol–water partition coefficient (Wildman–Crippen LogP) is 0.969. The van der Waals surface area contributed by atoms with E-state index in [4.69, 9.17) is 0 Å². The van der Waals surface area contributed by atoms with Crippen molar-refractivity contribution < 1.29 is 9.59 Å². The molecule has 0 heterocycles. The van der Waals surface area contributed by atoms with Gasteiger partial charge in [0.2, 0.25) is 11.8 Å². The van der Waals surface area contributed by atoms with E-state index in [1.54, 1.807) is 38.0 Å². The maximum absolute atomic E-state index is 11.8. The van der Waals surface area contributed by atoms with Crippen LogP contribution in [0, 0.1) is 11.8 Å². The van der Waals surface area contributed by atoms with Gasteiger partial charge in [-0.25, -0.2) is 0 Å². The first-order valence-electron chi connectivity index (χ1n) is 5.85. The van der Waals surface area contributed by atoms with Gasteiger partial charge in [0.05, 0.1) is 0 Å². The van der Waals surface area contributed by atoms with Crippen LogP contribution in [0.5, 0.6) is 0 Å². The van der Waals surface area contributed by atoms with Crippen LogP contribution in [0.1, 0.15) is 25.7 Å². The summed E-state index contributed by atoms with van der Waals surface area (Å²) in [5.74, 6) is 0.405. The molecule has 0 aliphatic heterocycles. The number of hydrogen-bond donors (Lipinski definition) is 0. The van der Waals surface area contributed by atoms with Crippen molar-refractivity contribution in [3.63, 3.8) is 0 Å². The Morgan fingerprint density at radius 2 is 1.25 bits per heavy atom. The van der Waals surface area contributed by atoms with Crippen LogP contribution in [0.4, 0.5) is 0 Å². The van der Waals surface area contributed by atoms with Crippen molar-refractivity contribution in [2.24, 2.45) is 11.8 Å². The zero-order valence-electron chi connectivity index (χ0n) is 10.7. The maximum atomic E-state index is 11.8. The van der Waals surface area contributed by atoms with E-state index in [2.05, 4.69) is 0 Å². The second-order valence-corrected chi connectivity index (χ2v) is 5.03. The Hall–Kier alpha value is -1.06. The van der Waals surface area contributed by atoms with Crippen LogP contribution in [0.25, 0.3) is 0 Å². The van der Waals surface area contributed by atoms with E-state index < -0.39 is 0 Å².